The van der Waals surface area contributed by atoms with Crippen LogP contribution in [0.4, 0.5) is 4.39 Å². The van der Waals surface area contributed by atoms with Crippen LogP contribution in [0.3, 0.4) is 0 Å². The first kappa shape index (κ1) is 16.9. The van der Waals surface area contributed by atoms with Gasteiger partial charge in [0.25, 0.3) is 0 Å². The molecule has 1 aliphatic rings. The molecule has 1 heterocycles. The number of rotatable bonds is 7. The minimum absolute atomic E-state index is 0.0459. The number of halogens is 1. The molecule has 1 N–H and O–H groups in total. The van der Waals surface area contributed by atoms with Crippen LogP contribution in [0.2, 0.25) is 0 Å². The van der Waals surface area contributed by atoms with Gasteiger partial charge in [0.2, 0.25) is 0 Å². The van der Waals surface area contributed by atoms with E-state index >= 15 is 0 Å². The van der Waals surface area contributed by atoms with Crippen molar-refractivity contribution in [1.29, 1.82) is 0 Å². The Labute approximate surface area is 142 Å². The van der Waals surface area contributed by atoms with E-state index in [1.54, 1.807) is 0 Å². The Kier molecular flexibility index (Phi) is 6.21. The van der Waals surface area contributed by atoms with E-state index in [1.807, 2.05) is 42.5 Å². The molecule has 0 amide bonds. The topological polar surface area (TPSA) is 30.5 Å². The van der Waals surface area contributed by atoms with Gasteiger partial charge in [-0.15, -0.1) is 0 Å². The lowest BCUT2D eigenvalue weighted by molar-refractivity contribution is -0.0435. The number of benzene rings is 2. The summed E-state index contributed by atoms with van der Waals surface area (Å²) in [5.41, 5.74) is 2.13. The number of hydrogen-bond acceptors (Lipinski definition) is 3. The van der Waals surface area contributed by atoms with Gasteiger partial charge in [-0.25, -0.2) is 0 Å². The summed E-state index contributed by atoms with van der Waals surface area (Å²) in [6.07, 6.45) is 0.955. The summed E-state index contributed by atoms with van der Waals surface area (Å²) in [7, 11) is 0. The van der Waals surface area contributed by atoms with E-state index in [1.165, 1.54) is 0 Å². The average Bonchev–Trinajstić information content (AvgIpc) is 2.66. The van der Waals surface area contributed by atoms with Crippen LogP contribution in [0.5, 0.6) is 5.75 Å². The molecule has 4 heteroatoms. The molecule has 24 heavy (non-hydrogen) atoms. The summed E-state index contributed by atoms with van der Waals surface area (Å²) >= 11 is 0. The Hall–Kier alpha value is -1.91. The molecule has 128 valence electrons. The van der Waals surface area contributed by atoms with E-state index in [0.29, 0.717) is 19.4 Å². The normalized spacial score (nSPS) is 19.0. The molecule has 0 spiro atoms. The third kappa shape index (κ3) is 4.34. The van der Waals surface area contributed by atoms with Gasteiger partial charge in [-0.2, -0.15) is 0 Å². The van der Waals surface area contributed by atoms with Crippen molar-refractivity contribution < 1.29 is 13.9 Å². The first-order valence-corrected chi connectivity index (χ1v) is 8.56. The van der Waals surface area contributed by atoms with E-state index in [2.05, 4.69) is 17.4 Å². The smallest absolute Gasteiger partial charge is 0.151 e. The highest BCUT2D eigenvalue weighted by Gasteiger charge is 2.28. The molecule has 0 saturated carbocycles. The highest BCUT2D eigenvalue weighted by atomic mass is 19.1. The molecule has 2 aromatic carbocycles. The molecule has 1 aliphatic heterocycles. The van der Waals surface area contributed by atoms with Crippen LogP contribution < -0.4 is 10.1 Å². The quantitative estimate of drug-likeness (QED) is 0.840. The zero-order valence-corrected chi connectivity index (χ0v) is 13.8. The first-order chi connectivity index (χ1) is 11.9. The number of nitrogens with one attached hydrogen (secondary N) is 1. The summed E-state index contributed by atoms with van der Waals surface area (Å²) in [6.45, 7) is 1.99. The zero-order valence-electron chi connectivity index (χ0n) is 13.8. The third-order valence-corrected chi connectivity index (χ3v) is 4.23. The van der Waals surface area contributed by atoms with Crippen LogP contribution in [0.1, 0.15) is 23.7 Å². The minimum Gasteiger partial charge on any atom is -0.483 e. The second-order valence-corrected chi connectivity index (χ2v) is 5.96. The maximum Gasteiger partial charge on any atom is 0.151 e. The fraction of sp³-hybridized carbons (Fsp3) is 0.400. The number of hydrogen-bond donors (Lipinski definition) is 1. The van der Waals surface area contributed by atoms with Crippen LogP contribution in [0.15, 0.2) is 54.6 Å². The summed E-state index contributed by atoms with van der Waals surface area (Å²) in [6, 6.07) is 18.0. The average molecular weight is 329 g/mol. The highest BCUT2D eigenvalue weighted by Crippen LogP contribution is 2.30. The molecule has 2 atom stereocenters. The first-order valence-electron chi connectivity index (χ1n) is 8.56. The van der Waals surface area contributed by atoms with Gasteiger partial charge in [-0.05, 0) is 30.0 Å². The van der Waals surface area contributed by atoms with Crippen molar-refractivity contribution in [1.82, 2.24) is 5.32 Å². The second-order valence-electron chi connectivity index (χ2n) is 5.96. The van der Waals surface area contributed by atoms with Crippen molar-refractivity contribution in [3.63, 3.8) is 0 Å². The fourth-order valence-electron chi connectivity index (χ4n) is 3.00. The third-order valence-electron chi connectivity index (χ3n) is 4.23. The Balaban J connectivity index is 1.84. The minimum atomic E-state index is -0.313. The maximum atomic E-state index is 12.6. The Morgan fingerprint density at radius 3 is 2.67 bits per heavy atom. The van der Waals surface area contributed by atoms with Crippen molar-refractivity contribution in [3.05, 3.63) is 65.7 Å². The van der Waals surface area contributed by atoms with Gasteiger partial charge in [0.15, 0.2) is 6.10 Å². The van der Waals surface area contributed by atoms with Crippen molar-refractivity contribution in [2.75, 3.05) is 26.4 Å². The highest BCUT2D eigenvalue weighted by molar-refractivity contribution is 5.34. The Morgan fingerprint density at radius 2 is 1.92 bits per heavy atom. The number of alkyl halides is 1. The van der Waals surface area contributed by atoms with E-state index < -0.39 is 0 Å². The second kappa shape index (κ2) is 8.81. The number of para-hydroxylation sites is 1. The summed E-state index contributed by atoms with van der Waals surface area (Å²) in [4.78, 5) is 0. The number of aryl methyl sites for hydroxylation is 1. The fourth-order valence-corrected chi connectivity index (χ4v) is 3.00. The monoisotopic (exact) mass is 329 g/mol. The van der Waals surface area contributed by atoms with Crippen LogP contribution in [-0.4, -0.2) is 32.5 Å². The Bertz CT molecular complexity index is 614. The van der Waals surface area contributed by atoms with Gasteiger partial charge in [-0.3, -0.25) is 4.39 Å². The predicted molar refractivity (Wildman–Crippen MR) is 93.2 cm³/mol. The molecule has 0 aromatic heterocycles. The number of ether oxygens (including phenoxy) is 2. The van der Waals surface area contributed by atoms with Gasteiger partial charge in [-0.1, -0.05) is 48.5 Å². The predicted octanol–water partition coefficient (Wildman–Crippen LogP) is 3.70. The SMILES string of the molecule is FCCCc1ccccc1OC(c1ccccc1)[C@@H]1CNCCO1. The zero-order chi connectivity index (χ0) is 16.6. The van der Waals surface area contributed by atoms with Gasteiger partial charge >= 0.3 is 0 Å². The summed E-state index contributed by atoms with van der Waals surface area (Å²) in [5, 5.41) is 3.37. The maximum absolute atomic E-state index is 12.6. The summed E-state index contributed by atoms with van der Waals surface area (Å²) in [5.74, 6) is 0.814. The van der Waals surface area contributed by atoms with Crippen LogP contribution in [0, 0.1) is 0 Å². The lowest BCUT2D eigenvalue weighted by Crippen LogP contribution is -2.43. The lowest BCUT2D eigenvalue weighted by Gasteiger charge is -2.32. The van der Waals surface area contributed by atoms with Gasteiger partial charge in [0.1, 0.15) is 11.9 Å². The van der Waals surface area contributed by atoms with Crippen molar-refractivity contribution in [3.8, 4) is 5.75 Å². The van der Waals surface area contributed by atoms with Crippen molar-refractivity contribution >= 4 is 0 Å². The van der Waals surface area contributed by atoms with E-state index in [9.17, 15) is 4.39 Å². The molecule has 1 unspecified atom stereocenters. The standard InChI is InChI=1S/C20H24FNO2/c21-12-6-10-16-7-4-5-11-18(16)24-20(17-8-2-1-3-9-17)19-15-22-13-14-23-19/h1-5,7-9,11,19-20,22H,6,10,12-15H2/t19-,20?/m0/s1. The molecule has 1 fully saturated rings. The van der Waals surface area contributed by atoms with Gasteiger partial charge < -0.3 is 14.8 Å². The lowest BCUT2D eigenvalue weighted by atomic mass is 10.0. The Morgan fingerprint density at radius 1 is 1.12 bits per heavy atom. The number of morpholine rings is 1. The summed E-state index contributed by atoms with van der Waals surface area (Å²) < 4.78 is 24.9. The molecule has 3 nitrogen and oxygen atoms in total. The molecule has 0 bridgehead atoms. The van der Waals surface area contributed by atoms with Gasteiger partial charge in [0, 0.05) is 13.1 Å². The molecule has 3 rings (SSSR count). The largest absolute Gasteiger partial charge is 0.483 e. The van der Waals surface area contributed by atoms with E-state index in [0.717, 1.165) is 30.0 Å². The van der Waals surface area contributed by atoms with Gasteiger partial charge in [0.05, 0.1) is 13.3 Å². The molecular formula is C20H24FNO2. The van der Waals surface area contributed by atoms with E-state index in [-0.39, 0.29) is 18.9 Å². The molecule has 0 radical (unpaired) electrons. The van der Waals surface area contributed by atoms with Crippen molar-refractivity contribution in [2.24, 2.45) is 0 Å². The van der Waals surface area contributed by atoms with Crippen molar-refractivity contribution in [2.45, 2.75) is 25.0 Å². The van der Waals surface area contributed by atoms with Crippen LogP contribution >= 0.6 is 0 Å². The molecule has 1 saturated heterocycles. The van der Waals surface area contributed by atoms with E-state index in [4.69, 9.17) is 9.47 Å². The van der Waals surface area contributed by atoms with Crippen LogP contribution in [-0.2, 0) is 11.2 Å². The van der Waals surface area contributed by atoms with Crippen LogP contribution in [0.25, 0.3) is 0 Å². The molecule has 0 aliphatic carbocycles. The molecular weight excluding hydrogens is 305 g/mol. The molecule has 2 aromatic rings.